The van der Waals surface area contributed by atoms with Crippen molar-refractivity contribution in [3.05, 3.63) is 34.1 Å². The van der Waals surface area contributed by atoms with Crippen molar-refractivity contribution in [3.63, 3.8) is 0 Å². The van der Waals surface area contributed by atoms with Crippen molar-refractivity contribution in [2.45, 2.75) is 25.7 Å². The molecule has 0 bridgehead atoms. The van der Waals surface area contributed by atoms with Crippen LogP contribution in [0.2, 0.25) is 0 Å². The lowest BCUT2D eigenvalue weighted by Crippen LogP contribution is -2.28. The van der Waals surface area contributed by atoms with Gasteiger partial charge in [-0.3, -0.25) is 4.79 Å². The predicted molar refractivity (Wildman–Crippen MR) is 66.2 cm³/mol. The molecule has 2 rings (SSSR count). The Balaban J connectivity index is 2.57. The summed E-state index contributed by atoms with van der Waals surface area (Å²) in [4.78, 5) is 12.0. The number of methoxy groups -OCH3 is 1. The molecule has 1 unspecified atom stereocenters. The zero-order valence-electron chi connectivity index (χ0n) is 10.0. The minimum atomic E-state index is -0.838. The molecule has 92 valence electrons. The maximum absolute atomic E-state index is 13.9. The van der Waals surface area contributed by atoms with Crippen LogP contribution in [0.5, 0.6) is 0 Å². The molecule has 1 fully saturated rings. The number of esters is 1. The van der Waals surface area contributed by atoms with Crippen LogP contribution in [0.25, 0.3) is 0 Å². The summed E-state index contributed by atoms with van der Waals surface area (Å²) in [5.41, 5.74) is -0.680. The van der Waals surface area contributed by atoms with Gasteiger partial charge in [-0.1, -0.05) is 29.8 Å². The van der Waals surface area contributed by atoms with E-state index in [9.17, 15) is 9.18 Å². The molecule has 0 N–H and O–H groups in total. The maximum Gasteiger partial charge on any atom is 0.316 e. The smallest absolute Gasteiger partial charge is 0.316 e. The van der Waals surface area contributed by atoms with E-state index in [0.717, 1.165) is 4.47 Å². The summed E-state index contributed by atoms with van der Waals surface area (Å²) in [5, 5.41) is 0. The van der Waals surface area contributed by atoms with E-state index in [1.165, 1.54) is 13.2 Å². The summed E-state index contributed by atoms with van der Waals surface area (Å²) in [6.45, 7) is 3.90. The van der Waals surface area contributed by atoms with Crippen LogP contribution in [0.3, 0.4) is 0 Å². The molecule has 17 heavy (non-hydrogen) atoms. The fourth-order valence-electron chi connectivity index (χ4n) is 2.54. The van der Waals surface area contributed by atoms with Gasteiger partial charge in [-0.05, 0) is 30.0 Å². The van der Waals surface area contributed by atoms with Crippen LogP contribution >= 0.6 is 15.9 Å². The minimum Gasteiger partial charge on any atom is -0.468 e. The zero-order valence-corrected chi connectivity index (χ0v) is 11.6. The topological polar surface area (TPSA) is 26.3 Å². The normalized spacial score (nSPS) is 25.5. The molecular weight excluding hydrogens is 287 g/mol. The molecule has 2 nitrogen and oxygen atoms in total. The van der Waals surface area contributed by atoms with E-state index in [0.29, 0.717) is 12.0 Å². The van der Waals surface area contributed by atoms with E-state index >= 15 is 0 Å². The number of hydrogen-bond donors (Lipinski definition) is 0. The molecule has 0 spiro atoms. The third-order valence-corrected chi connectivity index (χ3v) is 4.15. The Morgan fingerprint density at radius 1 is 1.47 bits per heavy atom. The Labute approximate surface area is 108 Å². The molecule has 1 aliphatic carbocycles. The lowest BCUT2D eigenvalue weighted by molar-refractivity contribution is -0.144. The summed E-state index contributed by atoms with van der Waals surface area (Å²) in [5.74, 6) is -0.719. The Hall–Kier alpha value is -0.900. The highest BCUT2D eigenvalue weighted by Crippen LogP contribution is 2.65. The van der Waals surface area contributed by atoms with Gasteiger partial charge in [-0.15, -0.1) is 0 Å². The quantitative estimate of drug-likeness (QED) is 0.782. The summed E-state index contributed by atoms with van der Waals surface area (Å²) in [6, 6.07) is 4.67. The average molecular weight is 301 g/mol. The highest BCUT2D eigenvalue weighted by molar-refractivity contribution is 9.10. The molecule has 1 saturated carbocycles. The lowest BCUT2D eigenvalue weighted by Gasteiger charge is -2.19. The lowest BCUT2D eigenvalue weighted by atomic mass is 9.87. The van der Waals surface area contributed by atoms with Crippen molar-refractivity contribution < 1.29 is 13.9 Å². The summed E-state index contributed by atoms with van der Waals surface area (Å²) in [7, 11) is 1.34. The van der Waals surface area contributed by atoms with Crippen LogP contribution in [0.15, 0.2) is 22.7 Å². The second-order valence-corrected chi connectivity index (χ2v) is 6.00. The van der Waals surface area contributed by atoms with Gasteiger partial charge in [0.15, 0.2) is 0 Å². The van der Waals surface area contributed by atoms with Crippen molar-refractivity contribution in [1.82, 2.24) is 0 Å². The van der Waals surface area contributed by atoms with Gasteiger partial charge in [0.1, 0.15) is 11.2 Å². The molecule has 0 heterocycles. The molecular formula is C13H14BrFO2. The molecule has 0 saturated heterocycles. The van der Waals surface area contributed by atoms with Gasteiger partial charge < -0.3 is 4.74 Å². The Morgan fingerprint density at radius 3 is 2.53 bits per heavy atom. The van der Waals surface area contributed by atoms with Crippen LogP contribution in [0, 0.1) is 11.2 Å². The largest absolute Gasteiger partial charge is 0.468 e. The summed E-state index contributed by atoms with van der Waals surface area (Å²) < 4.78 is 19.5. The second-order valence-electron chi connectivity index (χ2n) is 5.08. The molecule has 0 amide bonds. The molecule has 4 heteroatoms. The summed E-state index contributed by atoms with van der Waals surface area (Å²) >= 11 is 3.31. The SMILES string of the molecule is COC(=O)C1(c2cc(Br)ccc2F)CC1(C)C. The molecule has 1 aromatic rings. The number of hydrogen-bond acceptors (Lipinski definition) is 2. The minimum absolute atomic E-state index is 0.262. The van der Waals surface area contributed by atoms with Gasteiger partial charge in [-0.25, -0.2) is 4.39 Å². The first kappa shape index (κ1) is 12.6. The highest BCUT2D eigenvalue weighted by atomic mass is 79.9. The number of carbonyl (C=O) groups excluding carboxylic acids is 1. The fraction of sp³-hybridized carbons (Fsp3) is 0.462. The highest BCUT2D eigenvalue weighted by Gasteiger charge is 2.69. The number of carbonyl (C=O) groups is 1. The van der Waals surface area contributed by atoms with Gasteiger partial charge in [-0.2, -0.15) is 0 Å². The van der Waals surface area contributed by atoms with Gasteiger partial charge >= 0.3 is 5.97 Å². The van der Waals surface area contributed by atoms with Crippen molar-refractivity contribution in [2.75, 3.05) is 7.11 Å². The summed E-state index contributed by atoms with van der Waals surface area (Å²) in [6.07, 6.45) is 0.611. The van der Waals surface area contributed by atoms with Crippen molar-refractivity contribution >= 4 is 21.9 Å². The Bertz CT molecular complexity index is 484. The van der Waals surface area contributed by atoms with Gasteiger partial charge in [0.25, 0.3) is 0 Å². The van der Waals surface area contributed by atoms with Crippen LogP contribution in [-0.4, -0.2) is 13.1 Å². The van der Waals surface area contributed by atoms with E-state index in [4.69, 9.17) is 4.74 Å². The first-order valence-corrected chi connectivity index (χ1v) is 6.18. The molecule has 0 aromatic heterocycles. The second kappa shape index (κ2) is 3.80. The van der Waals surface area contributed by atoms with E-state index in [2.05, 4.69) is 15.9 Å². The first-order valence-electron chi connectivity index (χ1n) is 5.39. The monoisotopic (exact) mass is 300 g/mol. The average Bonchev–Trinajstić information content (AvgIpc) is 2.85. The molecule has 1 atom stereocenters. The maximum atomic E-state index is 13.9. The number of benzene rings is 1. The number of halogens is 2. The van der Waals surface area contributed by atoms with E-state index in [-0.39, 0.29) is 17.2 Å². The molecule has 1 aromatic carbocycles. The van der Waals surface area contributed by atoms with E-state index < -0.39 is 5.41 Å². The van der Waals surface area contributed by atoms with Crippen LogP contribution in [0.1, 0.15) is 25.8 Å². The van der Waals surface area contributed by atoms with Crippen molar-refractivity contribution in [1.29, 1.82) is 0 Å². The van der Waals surface area contributed by atoms with Crippen LogP contribution < -0.4 is 0 Å². The molecule has 0 radical (unpaired) electrons. The number of ether oxygens (including phenoxy) is 1. The zero-order chi connectivity index (χ0) is 12.8. The van der Waals surface area contributed by atoms with Crippen LogP contribution in [0.4, 0.5) is 4.39 Å². The van der Waals surface area contributed by atoms with Gasteiger partial charge in [0.05, 0.1) is 7.11 Å². The third kappa shape index (κ3) is 1.69. The van der Waals surface area contributed by atoms with Gasteiger partial charge in [0, 0.05) is 10.0 Å². The van der Waals surface area contributed by atoms with Crippen molar-refractivity contribution in [3.8, 4) is 0 Å². The predicted octanol–water partition coefficient (Wildman–Crippen LogP) is 3.43. The van der Waals surface area contributed by atoms with Crippen molar-refractivity contribution in [2.24, 2.45) is 5.41 Å². The standard InChI is InChI=1S/C13H14BrFO2/c1-12(2)7-13(12,11(16)17-3)9-6-8(14)4-5-10(9)15/h4-6H,7H2,1-3H3. The first-order chi connectivity index (χ1) is 7.85. The van der Waals surface area contributed by atoms with Gasteiger partial charge in [0.2, 0.25) is 0 Å². The number of rotatable bonds is 2. The Kier molecular flexibility index (Phi) is 2.81. The third-order valence-electron chi connectivity index (χ3n) is 3.66. The molecule has 1 aliphatic rings. The van der Waals surface area contributed by atoms with E-state index in [1.807, 2.05) is 13.8 Å². The van der Waals surface area contributed by atoms with E-state index in [1.54, 1.807) is 12.1 Å². The van der Waals surface area contributed by atoms with Crippen LogP contribution in [-0.2, 0) is 14.9 Å². The fourth-order valence-corrected chi connectivity index (χ4v) is 2.90. The molecule has 0 aliphatic heterocycles. The Morgan fingerprint density at radius 2 is 2.06 bits per heavy atom.